The van der Waals surface area contributed by atoms with Gasteiger partial charge in [0.1, 0.15) is 32.8 Å². The Kier molecular flexibility index (Phi) is 6.40. The highest BCUT2D eigenvalue weighted by atomic mass is 32.2. The summed E-state index contributed by atoms with van der Waals surface area (Å²) in [4.78, 5) is -1.02. The van der Waals surface area contributed by atoms with Gasteiger partial charge in [-0.25, -0.2) is 0 Å². The highest BCUT2D eigenvalue weighted by molar-refractivity contribution is 7.86. The van der Waals surface area contributed by atoms with Crippen molar-refractivity contribution in [2.24, 2.45) is 0 Å². The Bertz CT molecular complexity index is 1410. The first-order valence-corrected chi connectivity index (χ1v) is 12.7. The van der Waals surface area contributed by atoms with Crippen LogP contribution in [0.5, 0.6) is 23.0 Å². The molecule has 8 nitrogen and oxygen atoms in total. The second kappa shape index (κ2) is 9.27. The van der Waals surface area contributed by atoms with Gasteiger partial charge in [0.15, 0.2) is 0 Å². The Morgan fingerprint density at radius 1 is 0.500 bits per heavy atom. The summed E-state index contributed by atoms with van der Waals surface area (Å²) >= 11 is 0. The average Bonchev–Trinajstić information content (AvgIpc) is 2.80. The van der Waals surface area contributed by atoms with Crippen molar-refractivity contribution >= 4 is 20.2 Å². The van der Waals surface area contributed by atoms with Gasteiger partial charge in [-0.15, -0.1) is 0 Å². The van der Waals surface area contributed by atoms with Crippen LogP contribution < -0.4 is 9.47 Å². The Morgan fingerprint density at radius 2 is 0.853 bits per heavy atom. The Balaban J connectivity index is 1.78. The molecule has 0 saturated heterocycles. The van der Waals surface area contributed by atoms with E-state index < -0.39 is 30.0 Å². The van der Waals surface area contributed by atoms with E-state index in [1.54, 1.807) is 60.7 Å². The van der Waals surface area contributed by atoms with E-state index in [2.05, 4.69) is 0 Å². The number of rotatable bonds is 7. The fraction of sp³-hybridized carbons (Fsp3) is 0. The van der Waals surface area contributed by atoms with Crippen LogP contribution in [0.4, 0.5) is 0 Å². The van der Waals surface area contributed by atoms with Crippen LogP contribution in [0.2, 0.25) is 0 Å². The Morgan fingerprint density at radius 3 is 1.18 bits per heavy atom. The van der Waals surface area contributed by atoms with Gasteiger partial charge in [-0.3, -0.25) is 9.11 Å². The molecule has 0 aliphatic carbocycles. The largest absolute Gasteiger partial charge is 0.456 e. The van der Waals surface area contributed by atoms with E-state index in [9.17, 15) is 25.9 Å². The van der Waals surface area contributed by atoms with Crippen LogP contribution in [0.1, 0.15) is 0 Å². The maximum Gasteiger partial charge on any atom is 0.298 e. The van der Waals surface area contributed by atoms with E-state index in [0.29, 0.717) is 11.5 Å². The molecular weight excluding hydrogens is 480 g/mol. The topological polar surface area (TPSA) is 127 Å². The Hall–Kier alpha value is -3.70. The number of hydrogen-bond donors (Lipinski definition) is 2. The lowest BCUT2D eigenvalue weighted by atomic mass is 10.1. The zero-order valence-electron chi connectivity index (χ0n) is 17.4. The van der Waals surface area contributed by atoms with E-state index >= 15 is 0 Å². The highest BCUT2D eigenvalue weighted by Crippen LogP contribution is 2.36. The summed E-state index contributed by atoms with van der Waals surface area (Å²) in [5, 5.41) is 0. The molecular formula is C24H18O8S2. The van der Waals surface area contributed by atoms with Crippen LogP contribution in [-0.4, -0.2) is 25.9 Å². The lowest BCUT2D eigenvalue weighted by Gasteiger charge is -2.13. The molecule has 4 aromatic carbocycles. The minimum Gasteiger partial charge on any atom is -0.456 e. The first-order valence-electron chi connectivity index (χ1n) is 9.80. The molecule has 4 rings (SSSR count). The zero-order chi connectivity index (χ0) is 24.3. The predicted octanol–water partition coefficient (Wildman–Crippen LogP) is 5.43. The molecule has 0 saturated carbocycles. The van der Waals surface area contributed by atoms with Gasteiger partial charge < -0.3 is 9.47 Å². The van der Waals surface area contributed by atoms with E-state index in [1.807, 2.05) is 0 Å². The van der Waals surface area contributed by atoms with Crippen LogP contribution in [0, 0.1) is 0 Å². The quantitative estimate of drug-likeness (QED) is 0.323. The molecule has 0 spiro atoms. The smallest absolute Gasteiger partial charge is 0.298 e. The molecule has 0 bridgehead atoms. The van der Waals surface area contributed by atoms with Gasteiger partial charge in [-0.2, -0.15) is 16.8 Å². The molecule has 0 amide bonds. The summed E-state index contributed by atoms with van der Waals surface area (Å²) < 4.78 is 78.8. The molecule has 2 N–H and O–H groups in total. The van der Waals surface area contributed by atoms with Crippen molar-refractivity contribution in [3.8, 4) is 34.1 Å². The molecule has 0 radical (unpaired) electrons. The fourth-order valence-electron chi connectivity index (χ4n) is 3.18. The third-order valence-corrected chi connectivity index (χ3v) is 6.47. The maximum atomic E-state index is 12.0. The minimum atomic E-state index is -4.69. The Labute approximate surface area is 196 Å². The van der Waals surface area contributed by atoms with Crippen molar-refractivity contribution in [3.05, 3.63) is 97.1 Å². The summed E-state index contributed by atoms with van der Waals surface area (Å²) in [5.41, 5.74) is 0.508. The normalized spacial score (nSPS) is 11.7. The van der Waals surface area contributed by atoms with E-state index in [1.165, 1.54) is 24.3 Å². The second-order valence-electron chi connectivity index (χ2n) is 7.10. The second-order valence-corrected chi connectivity index (χ2v) is 9.88. The summed E-state index contributed by atoms with van der Waals surface area (Å²) in [6, 6.07) is 24.8. The first-order chi connectivity index (χ1) is 16.1. The third-order valence-electron chi connectivity index (χ3n) is 4.72. The number of benzene rings is 4. The minimum absolute atomic E-state index is 0.114. The van der Waals surface area contributed by atoms with Crippen LogP contribution in [0.3, 0.4) is 0 Å². The molecule has 0 aromatic heterocycles. The number of para-hydroxylation sites is 2. The zero-order valence-corrected chi connectivity index (χ0v) is 19.0. The van der Waals surface area contributed by atoms with Crippen LogP contribution in [0.15, 0.2) is 107 Å². The molecule has 174 valence electrons. The first kappa shape index (κ1) is 23.5. The van der Waals surface area contributed by atoms with Crippen molar-refractivity contribution in [1.82, 2.24) is 0 Å². The molecule has 0 atom stereocenters. The molecule has 0 fully saturated rings. The maximum absolute atomic E-state index is 12.0. The number of ether oxygens (including phenoxy) is 2. The van der Waals surface area contributed by atoms with Crippen molar-refractivity contribution < 1.29 is 35.4 Å². The lowest BCUT2D eigenvalue weighted by Crippen LogP contribution is -2.03. The van der Waals surface area contributed by atoms with Gasteiger partial charge in [-0.05, 0) is 59.7 Å². The van der Waals surface area contributed by atoms with Crippen LogP contribution in [0.25, 0.3) is 11.1 Å². The van der Waals surface area contributed by atoms with Gasteiger partial charge in [0.05, 0.1) is 0 Å². The molecule has 4 aromatic rings. The van der Waals surface area contributed by atoms with Crippen molar-refractivity contribution in [2.75, 3.05) is 0 Å². The van der Waals surface area contributed by atoms with Crippen LogP contribution in [-0.2, 0) is 20.2 Å². The third kappa shape index (κ3) is 5.43. The van der Waals surface area contributed by atoms with Crippen molar-refractivity contribution in [1.29, 1.82) is 0 Å². The van der Waals surface area contributed by atoms with E-state index in [-0.39, 0.29) is 22.6 Å². The van der Waals surface area contributed by atoms with Gasteiger partial charge in [0.2, 0.25) is 0 Å². The van der Waals surface area contributed by atoms with E-state index in [0.717, 1.165) is 12.1 Å². The molecule has 0 aliphatic heterocycles. The average molecular weight is 499 g/mol. The van der Waals surface area contributed by atoms with Crippen molar-refractivity contribution in [2.45, 2.75) is 9.79 Å². The van der Waals surface area contributed by atoms with Gasteiger partial charge in [0, 0.05) is 0 Å². The molecule has 0 heterocycles. The van der Waals surface area contributed by atoms with E-state index in [4.69, 9.17) is 9.47 Å². The standard InChI is InChI=1S/C24H18O8S2/c25-33(26,27)23-15-17(11-13-21(23)31-19-7-3-1-4-8-19)18-12-14-22(24(16-18)34(28,29)30)32-20-9-5-2-6-10-20/h1-16H,(H,25,26,27)(H,28,29,30). The highest BCUT2D eigenvalue weighted by Gasteiger charge is 2.22. The summed E-state index contributed by atoms with van der Waals surface area (Å²) in [6.45, 7) is 0. The van der Waals surface area contributed by atoms with Gasteiger partial charge >= 0.3 is 0 Å². The van der Waals surface area contributed by atoms with Crippen LogP contribution >= 0.6 is 0 Å². The molecule has 34 heavy (non-hydrogen) atoms. The fourth-order valence-corrected chi connectivity index (χ4v) is 4.46. The molecule has 0 aliphatic rings. The summed E-state index contributed by atoms with van der Waals surface area (Å²) in [7, 11) is -9.38. The SMILES string of the molecule is O=S(=O)(O)c1cc(-c2ccc(Oc3ccccc3)c(S(=O)(=O)O)c2)ccc1Oc1ccccc1. The lowest BCUT2D eigenvalue weighted by molar-refractivity contribution is 0.448. The molecule has 10 heteroatoms. The number of hydrogen-bond acceptors (Lipinski definition) is 6. The van der Waals surface area contributed by atoms with Gasteiger partial charge in [0.25, 0.3) is 20.2 Å². The van der Waals surface area contributed by atoms with Crippen molar-refractivity contribution in [3.63, 3.8) is 0 Å². The summed E-state index contributed by atoms with van der Waals surface area (Å²) in [5.74, 6) is 0.486. The summed E-state index contributed by atoms with van der Waals surface area (Å²) in [6.07, 6.45) is 0. The molecule has 0 unspecified atom stereocenters. The monoisotopic (exact) mass is 498 g/mol. The van der Waals surface area contributed by atoms with Gasteiger partial charge in [-0.1, -0.05) is 48.5 Å². The predicted molar refractivity (Wildman–Crippen MR) is 125 cm³/mol.